The predicted molar refractivity (Wildman–Crippen MR) is 41.2 cm³/mol. The molecule has 0 amide bonds. The van der Waals surface area contributed by atoms with Crippen molar-refractivity contribution in [3.8, 4) is 0 Å². The lowest BCUT2D eigenvalue weighted by Gasteiger charge is -2.27. The minimum absolute atomic E-state index is 0.587. The third-order valence-corrected chi connectivity index (χ3v) is 2.50. The van der Waals surface area contributed by atoms with Gasteiger partial charge in [0.25, 0.3) is 0 Å². The van der Waals surface area contributed by atoms with Gasteiger partial charge in [-0.2, -0.15) is 0 Å². The van der Waals surface area contributed by atoms with E-state index in [4.69, 9.17) is 5.11 Å². The highest BCUT2D eigenvalue weighted by Crippen LogP contribution is 2.38. The van der Waals surface area contributed by atoms with E-state index in [1.165, 1.54) is 17.6 Å². The van der Waals surface area contributed by atoms with E-state index in [-0.39, 0.29) is 0 Å². The molecule has 2 aliphatic rings. The molecule has 2 heteroatoms. The van der Waals surface area contributed by atoms with Gasteiger partial charge in [0.2, 0.25) is 0 Å². The Kier molecular flexibility index (Phi) is 1.34. The molecule has 0 spiro atoms. The number of allylic oxidation sites excluding steroid dienone is 3. The van der Waals surface area contributed by atoms with Crippen LogP contribution in [0.3, 0.4) is 0 Å². The van der Waals surface area contributed by atoms with Gasteiger partial charge >= 0.3 is 5.97 Å². The molecular formula is C9H10O2. The first-order valence-corrected chi connectivity index (χ1v) is 3.89. The van der Waals surface area contributed by atoms with Crippen LogP contribution in [0, 0.1) is 0 Å². The molecule has 0 bridgehead atoms. The van der Waals surface area contributed by atoms with E-state index in [2.05, 4.69) is 0 Å². The van der Waals surface area contributed by atoms with Gasteiger partial charge in [0.05, 0.1) is 0 Å². The molecule has 2 aliphatic carbocycles. The summed E-state index contributed by atoms with van der Waals surface area (Å²) in [7, 11) is 0. The van der Waals surface area contributed by atoms with Crippen molar-refractivity contribution in [2.24, 2.45) is 0 Å². The standard InChI is InChI=1S/C9H10O2/c10-9(11)8-4-2-6-1-3-7(6)5-8/h4H,1-3,5H2,(H,10,11). The Balaban J connectivity index is 2.14. The molecule has 0 heterocycles. The molecule has 0 saturated carbocycles. The van der Waals surface area contributed by atoms with Crippen molar-refractivity contribution in [2.75, 3.05) is 0 Å². The van der Waals surface area contributed by atoms with Crippen LogP contribution in [0.5, 0.6) is 0 Å². The molecule has 2 rings (SSSR count). The molecule has 0 fully saturated rings. The van der Waals surface area contributed by atoms with Crippen LogP contribution in [0.1, 0.15) is 25.7 Å². The second kappa shape index (κ2) is 2.22. The molecule has 1 N–H and O–H groups in total. The van der Waals surface area contributed by atoms with Gasteiger partial charge in [0, 0.05) is 12.0 Å². The van der Waals surface area contributed by atoms with Gasteiger partial charge in [0.1, 0.15) is 0 Å². The highest BCUT2D eigenvalue weighted by atomic mass is 16.4. The quantitative estimate of drug-likeness (QED) is 0.579. The number of carbonyl (C=O) groups is 1. The van der Waals surface area contributed by atoms with Crippen molar-refractivity contribution in [3.63, 3.8) is 0 Å². The van der Waals surface area contributed by atoms with E-state index in [0.717, 1.165) is 12.8 Å². The van der Waals surface area contributed by atoms with E-state index in [1.807, 2.05) is 6.08 Å². The SMILES string of the molecule is O=C(O)C1=CCC2=C(CC2)C1. The summed E-state index contributed by atoms with van der Waals surface area (Å²) in [6, 6.07) is 0. The van der Waals surface area contributed by atoms with E-state index >= 15 is 0 Å². The zero-order valence-electron chi connectivity index (χ0n) is 6.26. The smallest absolute Gasteiger partial charge is 0.331 e. The summed E-state index contributed by atoms with van der Waals surface area (Å²) in [5, 5.41) is 8.68. The summed E-state index contributed by atoms with van der Waals surface area (Å²) in [4.78, 5) is 10.5. The van der Waals surface area contributed by atoms with Gasteiger partial charge < -0.3 is 5.11 Å². The molecule has 0 aliphatic heterocycles. The zero-order chi connectivity index (χ0) is 7.84. The molecule has 0 radical (unpaired) electrons. The molecule has 2 nitrogen and oxygen atoms in total. The average Bonchev–Trinajstić information content (AvgIpc) is 1.91. The third kappa shape index (κ3) is 0.985. The molecule has 58 valence electrons. The molecule has 0 saturated heterocycles. The third-order valence-electron chi connectivity index (χ3n) is 2.50. The molecule has 0 aromatic rings. The Morgan fingerprint density at radius 1 is 1.36 bits per heavy atom. The predicted octanol–water partition coefficient (Wildman–Crippen LogP) is 1.88. The first kappa shape index (κ1) is 6.65. The van der Waals surface area contributed by atoms with E-state index < -0.39 is 5.97 Å². The number of hydrogen-bond acceptors (Lipinski definition) is 1. The van der Waals surface area contributed by atoms with Crippen LogP contribution >= 0.6 is 0 Å². The summed E-state index contributed by atoms with van der Waals surface area (Å²) in [5.41, 5.74) is 3.45. The van der Waals surface area contributed by atoms with E-state index in [1.54, 1.807) is 0 Å². The second-order valence-corrected chi connectivity index (χ2v) is 3.12. The Hall–Kier alpha value is -1.05. The van der Waals surface area contributed by atoms with E-state index in [9.17, 15) is 4.79 Å². The minimum Gasteiger partial charge on any atom is -0.478 e. The fourth-order valence-electron chi connectivity index (χ4n) is 1.65. The van der Waals surface area contributed by atoms with Crippen molar-refractivity contribution >= 4 is 5.97 Å². The van der Waals surface area contributed by atoms with Crippen molar-refractivity contribution < 1.29 is 9.90 Å². The summed E-state index contributed by atoms with van der Waals surface area (Å²) >= 11 is 0. The maximum absolute atomic E-state index is 10.5. The van der Waals surface area contributed by atoms with E-state index in [0.29, 0.717) is 12.0 Å². The summed E-state index contributed by atoms with van der Waals surface area (Å²) in [6.45, 7) is 0. The first-order chi connectivity index (χ1) is 5.27. The van der Waals surface area contributed by atoms with Gasteiger partial charge in [-0.05, 0) is 19.3 Å². The second-order valence-electron chi connectivity index (χ2n) is 3.12. The summed E-state index contributed by atoms with van der Waals surface area (Å²) in [6.07, 6.45) is 5.75. The normalized spacial score (nSPS) is 22.0. The topological polar surface area (TPSA) is 37.3 Å². The van der Waals surface area contributed by atoms with Crippen LogP contribution in [0.25, 0.3) is 0 Å². The summed E-state index contributed by atoms with van der Waals surface area (Å²) < 4.78 is 0. The fourth-order valence-corrected chi connectivity index (χ4v) is 1.65. The summed E-state index contributed by atoms with van der Waals surface area (Å²) in [5.74, 6) is -0.747. The molecule has 0 aromatic heterocycles. The van der Waals surface area contributed by atoms with Gasteiger partial charge in [-0.1, -0.05) is 17.2 Å². The van der Waals surface area contributed by atoms with Gasteiger partial charge in [-0.15, -0.1) is 0 Å². The van der Waals surface area contributed by atoms with Crippen molar-refractivity contribution in [1.29, 1.82) is 0 Å². The Morgan fingerprint density at radius 3 is 2.55 bits per heavy atom. The van der Waals surface area contributed by atoms with Crippen LogP contribution in [0.4, 0.5) is 0 Å². The largest absolute Gasteiger partial charge is 0.478 e. The van der Waals surface area contributed by atoms with Crippen LogP contribution in [0.2, 0.25) is 0 Å². The van der Waals surface area contributed by atoms with Crippen LogP contribution < -0.4 is 0 Å². The zero-order valence-corrected chi connectivity index (χ0v) is 6.26. The Morgan fingerprint density at radius 2 is 2.09 bits per heavy atom. The number of rotatable bonds is 1. The van der Waals surface area contributed by atoms with Crippen LogP contribution in [0.15, 0.2) is 22.8 Å². The Bertz CT molecular complexity index is 271. The number of hydrogen-bond donors (Lipinski definition) is 1. The number of carboxylic acid groups (broad SMARTS) is 1. The molecule has 0 aromatic carbocycles. The van der Waals surface area contributed by atoms with Crippen molar-refractivity contribution in [1.82, 2.24) is 0 Å². The van der Waals surface area contributed by atoms with Crippen molar-refractivity contribution in [3.05, 3.63) is 22.8 Å². The first-order valence-electron chi connectivity index (χ1n) is 3.89. The molecule has 11 heavy (non-hydrogen) atoms. The van der Waals surface area contributed by atoms with Crippen LogP contribution in [-0.4, -0.2) is 11.1 Å². The fraction of sp³-hybridized carbons (Fsp3) is 0.444. The van der Waals surface area contributed by atoms with Gasteiger partial charge in [0.15, 0.2) is 0 Å². The van der Waals surface area contributed by atoms with Crippen molar-refractivity contribution in [2.45, 2.75) is 25.7 Å². The van der Waals surface area contributed by atoms with Gasteiger partial charge in [-0.25, -0.2) is 4.79 Å². The molecular weight excluding hydrogens is 140 g/mol. The molecule has 0 atom stereocenters. The highest BCUT2D eigenvalue weighted by molar-refractivity contribution is 5.87. The number of carboxylic acids is 1. The number of aliphatic carboxylic acids is 1. The van der Waals surface area contributed by atoms with Crippen LogP contribution in [-0.2, 0) is 4.79 Å². The maximum Gasteiger partial charge on any atom is 0.331 e. The average molecular weight is 150 g/mol. The minimum atomic E-state index is -0.747. The lowest BCUT2D eigenvalue weighted by Crippen LogP contribution is -2.13. The monoisotopic (exact) mass is 150 g/mol. The molecule has 0 unspecified atom stereocenters. The maximum atomic E-state index is 10.5. The lowest BCUT2D eigenvalue weighted by atomic mass is 9.79. The Labute approximate surface area is 65.2 Å². The van der Waals surface area contributed by atoms with Gasteiger partial charge in [-0.3, -0.25) is 0 Å². The highest BCUT2D eigenvalue weighted by Gasteiger charge is 2.23. The lowest BCUT2D eigenvalue weighted by molar-refractivity contribution is -0.132.